The third-order valence-electron chi connectivity index (χ3n) is 3.63. The van der Waals surface area contributed by atoms with Crippen LogP contribution < -0.4 is 4.74 Å². The maximum atomic E-state index is 8.75. The van der Waals surface area contributed by atoms with Crippen molar-refractivity contribution in [3.8, 4) is 11.8 Å². The van der Waals surface area contributed by atoms with Crippen molar-refractivity contribution >= 4 is 0 Å². The maximum Gasteiger partial charge on any atom is 0.119 e. The van der Waals surface area contributed by atoms with Crippen LogP contribution in [0.1, 0.15) is 25.3 Å². The predicted molar refractivity (Wildman–Crippen MR) is 71.5 cm³/mol. The first kappa shape index (κ1) is 12.9. The highest BCUT2D eigenvalue weighted by molar-refractivity contribution is 5.34. The molecular weight excluding hydrogens is 224 g/mol. The van der Waals surface area contributed by atoms with Crippen molar-refractivity contribution in [2.24, 2.45) is 5.92 Å². The van der Waals surface area contributed by atoms with E-state index in [1.807, 2.05) is 12.1 Å². The molecule has 3 heteroatoms. The highest BCUT2D eigenvalue weighted by Crippen LogP contribution is 2.23. The minimum atomic E-state index is 0.223. The highest BCUT2D eigenvalue weighted by Gasteiger charge is 2.23. The molecule has 1 aromatic rings. The van der Waals surface area contributed by atoms with E-state index < -0.39 is 0 Å². The minimum absolute atomic E-state index is 0.223. The molecule has 2 unspecified atom stereocenters. The van der Waals surface area contributed by atoms with Crippen LogP contribution in [0.25, 0.3) is 0 Å². The largest absolute Gasteiger partial charge is 0.490 e. The summed E-state index contributed by atoms with van der Waals surface area (Å²) in [6.07, 6.45) is 2.71. The number of piperidine rings is 1. The van der Waals surface area contributed by atoms with Gasteiger partial charge in [0.25, 0.3) is 0 Å². The van der Waals surface area contributed by atoms with Gasteiger partial charge in [0.1, 0.15) is 5.75 Å². The van der Waals surface area contributed by atoms with E-state index in [1.165, 1.54) is 19.4 Å². The average molecular weight is 244 g/mol. The molecule has 3 nitrogen and oxygen atoms in total. The molecule has 0 aromatic heterocycles. The second-order valence-corrected chi connectivity index (χ2v) is 5.12. The summed E-state index contributed by atoms with van der Waals surface area (Å²) < 4.78 is 5.97. The van der Waals surface area contributed by atoms with Crippen LogP contribution in [0.5, 0.6) is 5.75 Å². The maximum absolute atomic E-state index is 8.75. The van der Waals surface area contributed by atoms with Crippen LogP contribution in [0.2, 0.25) is 0 Å². The van der Waals surface area contributed by atoms with Gasteiger partial charge in [-0.3, -0.25) is 0 Å². The summed E-state index contributed by atoms with van der Waals surface area (Å²) in [5.74, 6) is 1.45. The van der Waals surface area contributed by atoms with Gasteiger partial charge in [0.15, 0.2) is 0 Å². The first-order valence-corrected chi connectivity index (χ1v) is 6.54. The number of likely N-dealkylation sites (tertiary alicyclic amines) is 1. The Labute approximate surface area is 109 Å². The molecule has 0 bridgehead atoms. The van der Waals surface area contributed by atoms with Crippen molar-refractivity contribution in [1.82, 2.24) is 4.90 Å². The fraction of sp³-hybridized carbons (Fsp3) is 0.533. The van der Waals surface area contributed by atoms with Crippen molar-refractivity contribution < 1.29 is 4.74 Å². The Balaban J connectivity index is 1.93. The van der Waals surface area contributed by atoms with Gasteiger partial charge in [0.05, 0.1) is 17.7 Å². The van der Waals surface area contributed by atoms with Crippen molar-refractivity contribution in [2.45, 2.75) is 25.9 Å². The molecule has 1 saturated heterocycles. The lowest BCUT2D eigenvalue weighted by Gasteiger charge is -2.33. The molecular formula is C15H20N2O. The smallest absolute Gasteiger partial charge is 0.119 e. The molecule has 1 fully saturated rings. The predicted octanol–water partition coefficient (Wildman–Crippen LogP) is 2.67. The standard InChI is InChI=1S/C15H20N2O/c1-12(14-4-3-9-17(2)11-14)18-15-7-5-13(10-16)6-8-15/h5-8,12,14H,3-4,9,11H2,1-2H3. The van der Waals surface area contributed by atoms with Crippen LogP contribution in [0.3, 0.4) is 0 Å². The van der Waals surface area contributed by atoms with E-state index in [-0.39, 0.29) is 6.10 Å². The Morgan fingerprint density at radius 3 is 2.72 bits per heavy atom. The number of ether oxygens (including phenoxy) is 1. The molecule has 96 valence electrons. The summed E-state index contributed by atoms with van der Waals surface area (Å²) in [5.41, 5.74) is 0.674. The Hall–Kier alpha value is -1.53. The number of hydrogen-bond acceptors (Lipinski definition) is 3. The van der Waals surface area contributed by atoms with Crippen LogP contribution in [-0.4, -0.2) is 31.1 Å². The molecule has 0 amide bonds. The fourth-order valence-corrected chi connectivity index (χ4v) is 2.51. The normalized spacial score (nSPS) is 22.2. The van der Waals surface area contributed by atoms with Crippen LogP contribution in [0.4, 0.5) is 0 Å². The van der Waals surface area contributed by atoms with E-state index in [4.69, 9.17) is 10.00 Å². The number of hydrogen-bond donors (Lipinski definition) is 0. The topological polar surface area (TPSA) is 36.3 Å². The molecule has 0 aliphatic carbocycles. The van der Waals surface area contributed by atoms with Crippen molar-refractivity contribution in [2.75, 3.05) is 20.1 Å². The SMILES string of the molecule is CC(Oc1ccc(C#N)cc1)C1CCCN(C)C1. The summed E-state index contributed by atoms with van der Waals surface area (Å²) in [5, 5.41) is 8.75. The minimum Gasteiger partial charge on any atom is -0.490 e. The zero-order valence-electron chi connectivity index (χ0n) is 11.1. The molecule has 1 aliphatic rings. The van der Waals surface area contributed by atoms with Crippen molar-refractivity contribution in [1.29, 1.82) is 5.26 Å². The van der Waals surface area contributed by atoms with Gasteiger partial charge in [-0.05, 0) is 57.6 Å². The highest BCUT2D eigenvalue weighted by atomic mass is 16.5. The van der Waals surface area contributed by atoms with Gasteiger partial charge in [0, 0.05) is 12.5 Å². The summed E-state index contributed by atoms with van der Waals surface area (Å²) >= 11 is 0. The van der Waals surface area contributed by atoms with Gasteiger partial charge in [-0.1, -0.05) is 0 Å². The summed E-state index contributed by atoms with van der Waals surface area (Å²) in [7, 11) is 2.17. The van der Waals surface area contributed by atoms with Gasteiger partial charge in [-0.2, -0.15) is 5.26 Å². The lowest BCUT2D eigenvalue weighted by atomic mass is 9.93. The molecule has 18 heavy (non-hydrogen) atoms. The molecule has 0 radical (unpaired) electrons. The third-order valence-corrected chi connectivity index (χ3v) is 3.63. The van der Waals surface area contributed by atoms with E-state index >= 15 is 0 Å². The molecule has 1 aromatic carbocycles. The zero-order chi connectivity index (χ0) is 13.0. The summed E-state index contributed by atoms with van der Waals surface area (Å²) in [6, 6.07) is 9.47. The quantitative estimate of drug-likeness (QED) is 0.820. The Kier molecular flexibility index (Phi) is 4.22. The van der Waals surface area contributed by atoms with E-state index in [2.05, 4.69) is 24.9 Å². The van der Waals surface area contributed by atoms with Crippen molar-refractivity contribution in [3.63, 3.8) is 0 Å². The third kappa shape index (κ3) is 3.24. The molecule has 1 heterocycles. The van der Waals surface area contributed by atoms with Gasteiger partial charge in [-0.25, -0.2) is 0 Å². The van der Waals surface area contributed by atoms with E-state index in [0.717, 1.165) is 12.3 Å². The van der Waals surface area contributed by atoms with Crippen LogP contribution in [0, 0.1) is 17.2 Å². The Morgan fingerprint density at radius 2 is 2.11 bits per heavy atom. The van der Waals surface area contributed by atoms with Gasteiger partial charge < -0.3 is 9.64 Å². The van der Waals surface area contributed by atoms with Gasteiger partial charge in [-0.15, -0.1) is 0 Å². The zero-order valence-corrected chi connectivity index (χ0v) is 11.1. The molecule has 2 atom stereocenters. The van der Waals surface area contributed by atoms with E-state index in [0.29, 0.717) is 11.5 Å². The monoisotopic (exact) mass is 244 g/mol. The van der Waals surface area contributed by atoms with Crippen LogP contribution >= 0.6 is 0 Å². The van der Waals surface area contributed by atoms with Crippen molar-refractivity contribution in [3.05, 3.63) is 29.8 Å². The number of nitrogens with zero attached hydrogens (tertiary/aromatic N) is 2. The molecule has 0 spiro atoms. The van der Waals surface area contributed by atoms with E-state index in [9.17, 15) is 0 Å². The van der Waals surface area contributed by atoms with Crippen LogP contribution in [-0.2, 0) is 0 Å². The molecule has 1 aliphatic heterocycles. The number of benzene rings is 1. The Morgan fingerprint density at radius 1 is 1.39 bits per heavy atom. The fourth-order valence-electron chi connectivity index (χ4n) is 2.51. The second-order valence-electron chi connectivity index (χ2n) is 5.12. The number of nitriles is 1. The average Bonchev–Trinajstić information content (AvgIpc) is 2.39. The first-order chi connectivity index (χ1) is 8.69. The number of rotatable bonds is 3. The lowest BCUT2D eigenvalue weighted by molar-refractivity contribution is 0.0901. The lowest BCUT2D eigenvalue weighted by Crippen LogP contribution is -2.39. The van der Waals surface area contributed by atoms with Crippen LogP contribution in [0.15, 0.2) is 24.3 Å². The molecule has 2 rings (SSSR count). The van der Waals surface area contributed by atoms with Gasteiger partial charge in [0.2, 0.25) is 0 Å². The summed E-state index contributed by atoms with van der Waals surface area (Å²) in [4.78, 5) is 2.37. The second kappa shape index (κ2) is 5.88. The van der Waals surface area contributed by atoms with Gasteiger partial charge >= 0.3 is 0 Å². The molecule has 0 N–H and O–H groups in total. The van der Waals surface area contributed by atoms with E-state index in [1.54, 1.807) is 12.1 Å². The Bertz CT molecular complexity index is 421. The first-order valence-electron chi connectivity index (χ1n) is 6.54. The summed E-state index contributed by atoms with van der Waals surface area (Å²) in [6.45, 7) is 4.44. The molecule has 0 saturated carbocycles.